The Bertz CT molecular complexity index is 825. The molecule has 1 aromatic carbocycles. The number of aryl methyl sites for hydroxylation is 1. The van der Waals surface area contributed by atoms with Crippen LogP contribution in [0.4, 0.5) is 4.79 Å². The average molecular weight is 436 g/mol. The Kier molecular flexibility index (Phi) is 8.53. The molecular formula is C22H29NO6S. The monoisotopic (exact) mass is 435 g/mol. The first-order valence-corrected chi connectivity index (χ1v) is 10.5. The van der Waals surface area contributed by atoms with Crippen LogP contribution in [0.5, 0.6) is 10.8 Å². The molecule has 8 heteroatoms. The smallest absolute Gasteiger partial charge is 0.407 e. The van der Waals surface area contributed by atoms with Crippen molar-refractivity contribution < 1.29 is 28.5 Å². The van der Waals surface area contributed by atoms with Crippen LogP contribution in [0.2, 0.25) is 0 Å². The van der Waals surface area contributed by atoms with Gasteiger partial charge in [-0.1, -0.05) is 12.1 Å². The first-order chi connectivity index (χ1) is 14.2. The van der Waals surface area contributed by atoms with E-state index < -0.39 is 23.8 Å². The lowest BCUT2D eigenvalue weighted by molar-refractivity contribution is -0.148. The lowest BCUT2D eigenvalue weighted by Gasteiger charge is -2.19. The van der Waals surface area contributed by atoms with E-state index in [9.17, 15) is 9.59 Å². The van der Waals surface area contributed by atoms with E-state index in [0.717, 1.165) is 11.1 Å². The first-order valence-electron chi connectivity index (χ1n) is 9.64. The number of hydrogen-bond donors (Lipinski definition) is 1. The minimum absolute atomic E-state index is 0.310. The summed E-state index contributed by atoms with van der Waals surface area (Å²) in [6.07, 6.45) is -0.821. The fourth-order valence-corrected chi connectivity index (χ4v) is 3.28. The summed E-state index contributed by atoms with van der Waals surface area (Å²) in [5.41, 5.74) is 1.47. The van der Waals surface area contributed by atoms with Gasteiger partial charge in [-0.25, -0.2) is 9.59 Å². The number of benzene rings is 1. The van der Waals surface area contributed by atoms with Crippen LogP contribution in [0.25, 0.3) is 0 Å². The van der Waals surface area contributed by atoms with Crippen molar-refractivity contribution in [1.82, 2.24) is 5.32 Å². The third kappa shape index (κ3) is 8.32. The topological polar surface area (TPSA) is 83.1 Å². The van der Waals surface area contributed by atoms with Crippen molar-refractivity contribution in [1.29, 1.82) is 0 Å². The third-order valence-corrected chi connectivity index (χ3v) is 4.75. The highest BCUT2D eigenvalue weighted by atomic mass is 32.1. The molecule has 2 aromatic rings. The lowest BCUT2D eigenvalue weighted by atomic mass is 10.1. The predicted octanol–water partition coefficient (Wildman–Crippen LogP) is 4.12. The number of carbonyl (C=O) groups excluding carboxylic acids is 2. The summed E-state index contributed by atoms with van der Waals surface area (Å²) in [6, 6.07) is 9.26. The molecule has 2 rings (SSSR count). The second-order valence-corrected chi connectivity index (χ2v) is 8.57. The molecule has 1 amide bonds. The van der Waals surface area contributed by atoms with E-state index in [1.807, 2.05) is 63.4 Å². The number of esters is 1. The number of hydrogen-bond acceptors (Lipinski definition) is 7. The molecule has 1 heterocycles. The molecule has 0 saturated heterocycles. The van der Waals surface area contributed by atoms with E-state index in [1.54, 1.807) is 0 Å². The van der Waals surface area contributed by atoms with Crippen molar-refractivity contribution in [3.8, 4) is 10.8 Å². The van der Waals surface area contributed by atoms with Gasteiger partial charge in [-0.15, -0.1) is 11.3 Å². The Labute approximate surface area is 181 Å². The van der Waals surface area contributed by atoms with Crippen LogP contribution in [0.15, 0.2) is 35.7 Å². The zero-order chi connectivity index (χ0) is 22.1. The van der Waals surface area contributed by atoms with Crippen LogP contribution in [0.3, 0.4) is 0 Å². The SMILES string of the molecule is COC(=O)C(Cc1ccc(OCCNC(=O)OC(C)(C)C)cc1)Oc1cc(C)cs1. The van der Waals surface area contributed by atoms with Gasteiger partial charge >= 0.3 is 12.1 Å². The van der Waals surface area contributed by atoms with Crippen molar-refractivity contribution in [2.75, 3.05) is 20.3 Å². The Morgan fingerprint density at radius 3 is 2.43 bits per heavy atom. The number of carbonyl (C=O) groups is 2. The molecule has 30 heavy (non-hydrogen) atoms. The molecule has 1 unspecified atom stereocenters. The standard InChI is InChI=1S/C22H29NO6S/c1-15-12-19(30-14-15)28-18(20(24)26-5)13-16-6-8-17(9-7-16)27-11-10-23-21(25)29-22(2,3)4/h6-9,12,14,18H,10-11,13H2,1-5H3,(H,23,25). The quantitative estimate of drug-likeness (QED) is 0.471. The van der Waals surface area contributed by atoms with Gasteiger partial charge in [0.2, 0.25) is 6.10 Å². The van der Waals surface area contributed by atoms with E-state index in [0.29, 0.717) is 30.4 Å². The molecule has 0 spiro atoms. The van der Waals surface area contributed by atoms with Crippen LogP contribution in [-0.4, -0.2) is 44.0 Å². The van der Waals surface area contributed by atoms with Crippen molar-refractivity contribution in [2.24, 2.45) is 0 Å². The molecular weight excluding hydrogens is 406 g/mol. The molecule has 0 radical (unpaired) electrons. The average Bonchev–Trinajstić information content (AvgIpc) is 3.08. The van der Waals surface area contributed by atoms with E-state index in [4.69, 9.17) is 18.9 Å². The highest BCUT2D eigenvalue weighted by Gasteiger charge is 2.22. The summed E-state index contributed by atoms with van der Waals surface area (Å²) in [5.74, 6) is 0.240. The zero-order valence-corrected chi connectivity index (χ0v) is 18.8. The molecule has 0 saturated carbocycles. The Balaban J connectivity index is 1.83. The summed E-state index contributed by atoms with van der Waals surface area (Å²) in [5, 5.41) is 5.28. The highest BCUT2D eigenvalue weighted by Crippen LogP contribution is 2.25. The maximum Gasteiger partial charge on any atom is 0.407 e. The summed E-state index contributed by atoms with van der Waals surface area (Å²) < 4.78 is 21.5. The second kappa shape index (κ2) is 10.9. The normalized spacial score (nSPS) is 12.0. The molecule has 0 aliphatic carbocycles. The molecule has 0 aliphatic rings. The predicted molar refractivity (Wildman–Crippen MR) is 115 cm³/mol. The van der Waals surface area contributed by atoms with Crippen LogP contribution in [0.1, 0.15) is 31.9 Å². The molecule has 0 bridgehead atoms. The summed E-state index contributed by atoms with van der Waals surface area (Å²) >= 11 is 1.45. The van der Waals surface area contributed by atoms with Crippen molar-refractivity contribution in [2.45, 2.75) is 45.8 Å². The minimum atomic E-state index is -0.724. The van der Waals surface area contributed by atoms with Crippen LogP contribution < -0.4 is 14.8 Å². The Morgan fingerprint density at radius 1 is 1.17 bits per heavy atom. The number of nitrogens with one attached hydrogen (secondary N) is 1. The van der Waals surface area contributed by atoms with Gasteiger partial charge in [-0.3, -0.25) is 0 Å². The van der Waals surface area contributed by atoms with Gasteiger partial charge in [0.1, 0.15) is 18.0 Å². The number of methoxy groups -OCH3 is 1. The summed E-state index contributed by atoms with van der Waals surface area (Å²) in [6.45, 7) is 8.03. The minimum Gasteiger partial charge on any atom is -0.492 e. The summed E-state index contributed by atoms with van der Waals surface area (Å²) in [7, 11) is 1.35. The largest absolute Gasteiger partial charge is 0.492 e. The van der Waals surface area contributed by atoms with Crippen molar-refractivity contribution >= 4 is 23.4 Å². The highest BCUT2D eigenvalue weighted by molar-refractivity contribution is 7.12. The third-order valence-electron chi connectivity index (χ3n) is 3.81. The van der Waals surface area contributed by atoms with E-state index in [-0.39, 0.29) is 0 Å². The molecule has 7 nitrogen and oxygen atoms in total. The summed E-state index contributed by atoms with van der Waals surface area (Å²) in [4.78, 5) is 23.7. The van der Waals surface area contributed by atoms with E-state index >= 15 is 0 Å². The number of ether oxygens (including phenoxy) is 4. The van der Waals surface area contributed by atoms with Crippen LogP contribution in [-0.2, 0) is 20.7 Å². The van der Waals surface area contributed by atoms with Gasteiger partial charge in [0.05, 0.1) is 13.7 Å². The Hall–Kier alpha value is -2.74. The van der Waals surface area contributed by atoms with Gasteiger partial charge in [0.15, 0.2) is 5.06 Å². The van der Waals surface area contributed by atoms with Crippen molar-refractivity contribution in [3.63, 3.8) is 0 Å². The van der Waals surface area contributed by atoms with Crippen LogP contribution >= 0.6 is 11.3 Å². The van der Waals surface area contributed by atoms with Gasteiger partial charge < -0.3 is 24.3 Å². The maximum atomic E-state index is 12.1. The number of amides is 1. The molecule has 1 atom stereocenters. The fourth-order valence-electron chi connectivity index (χ4n) is 2.48. The zero-order valence-electron chi connectivity index (χ0n) is 18.0. The molecule has 0 aliphatic heterocycles. The van der Waals surface area contributed by atoms with Gasteiger partial charge in [-0.05, 0) is 62.4 Å². The molecule has 164 valence electrons. The van der Waals surface area contributed by atoms with Gasteiger partial charge in [-0.2, -0.15) is 0 Å². The molecule has 0 fully saturated rings. The van der Waals surface area contributed by atoms with Crippen LogP contribution in [0, 0.1) is 6.92 Å². The second-order valence-electron chi connectivity index (χ2n) is 7.70. The number of alkyl carbamates (subject to hydrolysis) is 1. The van der Waals surface area contributed by atoms with Gasteiger partial charge in [0.25, 0.3) is 0 Å². The number of rotatable bonds is 9. The molecule has 1 aromatic heterocycles. The molecule has 1 N–H and O–H groups in total. The van der Waals surface area contributed by atoms with E-state index in [2.05, 4.69) is 5.32 Å². The van der Waals surface area contributed by atoms with Crippen molar-refractivity contribution in [3.05, 3.63) is 46.8 Å². The lowest BCUT2D eigenvalue weighted by Crippen LogP contribution is -2.34. The van der Waals surface area contributed by atoms with Gasteiger partial charge in [0, 0.05) is 6.42 Å². The Morgan fingerprint density at radius 2 is 1.87 bits per heavy atom. The first kappa shape index (κ1) is 23.5. The number of thiophene rings is 1. The fraction of sp³-hybridized carbons (Fsp3) is 0.455. The van der Waals surface area contributed by atoms with E-state index in [1.165, 1.54) is 18.4 Å². The maximum absolute atomic E-state index is 12.1.